The first-order valence-electron chi connectivity index (χ1n) is 9.53. The zero-order chi connectivity index (χ0) is 21.0. The molecule has 0 saturated carbocycles. The summed E-state index contributed by atoms with van der Waals surface area (Å²) in [5.41, 5.74) is 1.64. The number of hydrogen-bond donors (Lipinski definition) is 2. The van der Waals surface area contributed by atoms with Gasteiger partial charge < -0.3 is 10.2 Å². The molecule has 1 amide bonds. The smallest absolute Gasteiger partial charge is 0.294 e. The zero-order valence-corrected chi connectivity index (χ0v) is 17.8. The van der Waals surface area contributed by atoms with Gasteiger partial charge in [0.1, 0.15) is 0 Å². The third kappa shape index (κ3) is 6.27. The molecule has 1 unspecified atom stereocenters. The minimum Gasteiger partial charge on any atom is -0.348 e. The van der Waals surface area contributed by atoms with Gasteiger partial charge in [-0.05, 0) is 68.6 Å². The van der Waals surface area contributed by atoms with Crippen LogP contribution in [0, 0.1) is 12.8 Å². The topological polar surface area (TPSA) is 86.7 Å². The monoisotopic (exact) mass is 436 g/mol. The number of nitrogens with zero attached hydrogens (tertiary/aromatic N) is 1. The second kappa shape index (κ2) is 9.26. The van der Waals surface area contributed by atoms with E-state index in [1.54, 1.807) is 36.4 Å². The number of carbonyl (C=O) groups excluding carboxylic acids is 1. The summed E-state index contributed by atoms with van der Waals surface area (Å²) < 4.78 is 29.6. The van der Waals surface area contributed by atoms with Crippen LogP contribution in [0.2, 0.25) is 5.02 Å². The van der Waals surface area contributed by atoms with Gasteiger partial charge >= 0.3 is 0 Å². The summed E-state index contributed by atoms with van der Waals surface area (Å²) in [5.74, 6) is 0.786. The van der Waals surface area contributed by atoms with Crippen molar-refractivity contribution < 1.29 is 17.8 Å². The lowest BCUT2D eigenvalue weighted by Gasteiger charge is -2.30. The third-order valence-corrected chi connectivity index (χ3v) is 6.35. The van der Waals surface area contributed by atoms with Crippen molar-refractivity contribution in [2.75, 3.05) is 19.6 Å². The number of rotatable bonds is 3. The molecule has 29 heavy (non-hydrogen) atoms. The summed E-state index contributed by atoms with van der Waals surface area (Å²) in [6.07, 6.45) is 2.41. The highest BCUT2D eigenvalue weighted by molar-refractivity contribution is 7.85. The van der Waals surface area contributed by atoms with Gasteiger partial charge in [-0.3, -0.25) is 9.35 Å². The highest BCUT2D eigenvalue weighted by atomic mass is 35.5. The van der Waals surface area contributed by atoms with Gasteiger partial charge in [-0.15, -0.1) is 0 Å². The predicted octanol–water partition coefficient (Wildman–Crippen LogP) is 3.41. The molecule has 3 atom stereocenters. The van der Waals surface area contributed by atoms with E-state index in [1.807, 2.05) is 6.92 Å². The predicted molar refractivity (Wildman–Crippen MR) is 113 cm³/mol. The van der Waals surface area contributed by atoms with Gasteiger partial charge in [0, 0.05) is 29.7 Å². The summed E-state index contributed by atoms with van der Waals surface area (Å²) in [7, 11) is -4.02. The van der Waals surface area contributed by atoms with Gasteiger partial charge in [-0.25, -0.2) is 0 Å². The van der Waals surface area contributed by atoms with Crippen LogP contribution in [0.3, 0.4) is 0 Å². The summed E-state index contributed by atoms with van der Waals surface area (Å²) >= 11 is 5.82. The molecule has 0 spiro atoms. The van der Waals surface area contributed by atoms with Crippen molar-refractivity contribution in [3.8, 4) is 0 Å². The lowest BCUT2D eigenvalue weighted by atomic mass is 9.96. The maximum absolute atomic E-state index is 12.1. The third-order valence-electron chi connectivity index (χ3n) is 5.23. The van der Waals surface area contributed by atoms with E-state index in [4.69, 9.17) is 16.2 Å². The maximum atomic E-state index is 12.1. The van der Waals surface area contributed by atoms with E-state index in [9.17, 15) is 13.2 Å². The molecule has 8 heteroatoms. The Labute approximate surface area is 176 Å². The number of amides is 1. The van der Waals surface area contributed by atoms with Crippen LogP contribution in [0.5, 0.6) is 0 Å². The van der Waals surface area contributed by atoms with Crippen LogP contribution in [0.4, 0.5) is 0 Å². The van der Waals surface area contributed by atoms with Crippen molar-refractivity contribution in [3.63, 3.8) is 0 Å². The average molecular weight is 437 g/mol. The average Bonchev–Trinajstić information content (AvgIpc) is 3.00. The molecular weight excluding hydrogens is 412 g/mol. The second-order valence-corrected chi connectivity index (χ2v) is 9.47. The minimum absolute atomic E-state index is 0.0131. The first-order chi connectivity index (χ1) is 13.7. The molecule has 4 rings (SSSR count). The highest BCUT2D eigenvalue weighted by Crippen LogP contribution is 2.26. The summed E-state index contributed by atoms with van der Waals surface area (Å²) in [6.45, 7) is 5.24. The molecule has 2 aliphatic heterocycles. The van der Waals surface area contributed by atoms with Crippen LogP contribution in [0.25, 0.3) is 0 Å². The van der Waals surface area contributed by atoms with Crippen LogP contribution in [-0.4, -0.2) is 49.5 Å². The number of nitrogens with one attached hydrogen (secondary N) is 1. The Kier molecular flexibility index (Phi) is 6.95. The molecule has 0 radical (unpaired) electrons. The SMILES string of the molecule is Cc1ccc(S(=O)(=O)O)cc1.O=C(N[C@H]1C[C@@H]2CCN(C2)C1)c1ccc(Cl)cc1. The molecule has 2 N–H and O–H groups in total. The number of piperidine rings is 1. The van der Waals surface area contributed by atoms with E-state index < -0.39 is 10.1 Å². The van der Waals surface area contributed by atoms with Gasteiger partial charge in [0.2, 0.25) is 0 Å². The molecule has 2 fully saturated rings. The molecule has 2 saturated heterocycles. The van der Waals surface area contributed by atoms with Gasteiger partial charge in [0.05, 0.1) is 4.90 Å². The Morgan fingerprint density at radius 2 is 1.76 bits per heavy atom. The van der Waals surface area contributed by atoms with Gasteiger partial charge in [-0.2, -0.15) is 8.42 Å². The summed E-state index contributed by atoms with van der Waals surface area (Å²) in [4.78, 5) is 14.5. The highest BCUT2D eigenvalue weighted by Gasteiger charge is 2.32. The first kappa shape index (κ1) is 21.8. The second-order valence-electron chi connectivity index (χ2n) is 7.62. The molecule has 2 heterocycles. The van der Waals surface area contributed by atoms with E-state index in [0.29, 0.717) is 16.6 Å². The molecule has 2 aliphatic rings. The number of benzene rings is 2. The van der Waals surface area contributed by atoms with Crippen molar-refractivity contribution in [1.82, 2.24) is 10.2 Å². The summed E-state index contributed by atoms with van der Waals surface area (Å²) in [6, 6.07) is 13.3. The fourth-order valence-corrected chi connectivity index (χ4v) is 4.35. The minimum atomic E-state index is -4.02. The van der Waals surface area contributed by atoms with E-state index in [0.717, 1.165) is 24.4 Å². The maximum Gasteiger partial charge on any atom is 0.294 e. The fraction of sp³-hybridized carbons (Fsp3) is 0.381. The van der Waals surface area contributed by atoms with Crippen molar-refractivity contribution in [2.24, 2.45) is 5.92 Å². The fourth-order valence-electron chi connectivity index (χ4n) is 3.74. The van der Waals surface area contributed by atoms with Crippen molar-refractivity contribution in [1.29, 1.82) is 0 Å². The zero-order valence-electron chi connectivity index (χ0n) is 16.2. The van der Waals surface area contributed by atoms with Crippen molar-refractivity contribution in [2.45, 2.75) is 30.7 Å². The molecule has 2 aromatic rings. The number of halogens is 1. The van der Waals surface area contributed by atoms with Crippen LogP contribution >= 0.6 is 11.6 Å². The molecule has 2 aromatic carbocycles. The largest absolute Gasteiger partial charge is 0.348 e. The molecule has 6 nitrogen and oxygen atoms in total. The van der Waals surface area contributed by atoms with Gasteiger partial charge in [-0.1, -0.05) is 29.3 Å². The standard InChI is InChI=1S/C14H17ClN2O.C7H8O3S/c15-12-3-1-11(2-4-12)14(18)16-13-7-10-5-6-17(8-10)9-13;1-6-2-4-7(5-3-6)11(8,9)10/h1-4,10,13H,5-9H2,(H,16,18);2-5H,1H3,(H,8,9,10)/t10-,13-;/m0./s1. The molecule has 0 aliphatic carbocycles. The van der Waals surface area contributed by atoms with E-state index >= 15 is 0 Å². The van der Waals surface area contributed by atoms with E-state index in [1.165, 1.54) is 31.6 Å². The molecule has 156 valence electrons. The Morgan fingerprint density at radius 1 is 1.10 bits per heavy atom. The Morgan fingerprint density at radius 3 is 2.34 bits per heavy atom. The van der Waals surface area contributed by atoms with Crippen LogP contribution in [-0.2, 0) is 10.1 Å². The number of fused-ring (bicyclic) bond motifs is 2. The Hall–Kier alpha value is -1.93. The molecule has 0 aromatic heterocycles. The lowest BCUT2D eigenvalue weighted by molar-refractivity contribution is 0.0909. The summed E-state index contributed by atoms with van der Waals surface area (Å²) in [5, 5.41) is 3.79. The van der Waals surface area contributed by atoms with Crippen LogP contribution < -0.4 is 5.32 Å². The normalized spacial score (nSPS) is 23.1. The molecular formula is C21H25ClN2O4S. The molecule has 2 bridgehead atoms. The van der Waals surface area contributed by atoms with Gasteiger partial charge in [0.15, 0.2) is 0 Å². The Balaban J connectivity index is 0.000000188. The number of aryl methyl sites for hydroxylation is 1. The van der Waals surface area contributed by atoms with Crippen molar-refractivity contribution >= 4 is 27.6 Å². The quantitative estimate of drug-likeness (QED) is 0.720. The lowest BCUT2D eigenvalue weighted by Crippen LogP contribution is -2.46. The van der Waals surface area contributed by atoms with E-state index in [2.05, 4.69) is 10.2 Å². The Bertz CT molecular complexity index is 934. The first-order valence-corrected chi connectivity index (χ1v) is 11.4. The van der Waals surface area contributed by atoms with Crippen LogP contribution in [0.1, 0.15) is 28.8 Å². The number of hydrogen-bond acceptors (Lipinski definition) is 4. The van der Waals surface area contributed by atoms with Gasteiger partial charge in [0.25, 0.3) is 16.0 Å². The van der Waals surface area contributed by atoms with Crippen molar-refractivity contribution in [3.05, 3.63) is 64.7 Å². The van der Waals surface area contributed by atoms with E-state index in [-0.39, 0.29) is 10.8 Å². The number of carbonyl (C=O) groups is 1. The van der Waals surface area contributed by atoms with Crippen LogP contribution in [0.15, 0.2) is 53.4 Å².